The fourth-order valence-electron chi connectivity index (χ4n) is 2.46. The summed E-state index contributed by atoms with van der Waals surface area (Å²) in [7, 11) is 1.54. The van der Waals surface area contributed by atoms with Crippen LogP contribution >= 0.6 is 0 Å². The quantitative estimate of drug-likeness (QED) is 0.587. The molecule has 2 amide bonds. The highest BCUT2D eigenvalue weighted by Gasteiger charge is 2.46. The van der Waals surface area contributed by atoms with Gasteiger partial charge >= 0.3 is 0 Å². The molecule has 0 unspecified atom stereocenters. The van der Waals surface area contributed by atoms with Crippen LogP contribution in [0.15, 0.2) is 24.7 Å². The van der Waals surface area contributed by atoms with Gasteiger partial charge in [0.2, 0.25) is 17.5 Å². The second-order valence-electron chi connectivity index (χ2n) is 5.64. The van der Waals surface area contributed by atoms with Gasteiger partial charge < -0.3 is 15.7 Å². The van der Waals surface area contributed by atoms with Crippen LogP contribution in [0.1, 0.15) is 6.42 Å². The fourth-order valence-corrected chi connectivity index (χ4v) is 2.46. The smallest absolute Gasteiger partial charge is 0.275 e. The lowest BCUT2D eigenvalue weighted by molar-refractivity contribution is -0.128. The number of nitrogens with one attached hydrogen (secondary N) is 2. The first-order valence-corrected chi connectivity index (χ1v) is 7.74. The van der Waals surface area contributed by atoms with Crippen LogP contribution in [0.2, 0.25) is 0 Å². The average Bonchev–Trinajstić information content (AvgIpc) is 3.20. The summed E-state index contributed by atoms with van der Waals surface area (Å²) < 4.78 is 1.45. The lowest BCUT2D eigenvalue weighted by atomic mass is 10.1. The standard InChI is InChI=1S/C15H16N8O3/c1-17-12(24)8-22-7-10(6-19-22)20-14-18-4-2-11(21-14)23-5-3-15(26,9-16)13(23)25/h2,4,6-7,26H,3,5,8H2,1H3,(H,17,24)(H,18,20,21)/t15-/m0/s1. The van der Waals surface area contributed by atoms with Crippen molar-refractivity contribution >= 4 is 29.3 Å². The number of hydrogen-bond acceptors (Lipinski definition) is 8. The van der Waals surface area contributed by atoms with Crippen LogP contribution in [-0.4, -0.2) is 55.9 Å². The molecule has 11 nitrogen and oxygen atoms in total. The third-order valence-corrected chi connectivity index (χ3v) is 3.87. The fraction of sp³-hybridized carbons (Fsp3) is 0.333. The molecule has 1 aliphatic rings. The van der Waals surface area contributed by atoms with Gasteiger partial charge in [0.1, 0.15) is 18.4 Å². The normalized spacial score (nSPS) is 19.3. The largest absolute Gasteiger partial charge is 0.368 e. The number of amides is 2. The number of nitriles is 1. The molecule has 1 atom stereocenters. The summed E-state index contributed by atoms with van der Waals surface area (Å²) >= 11 is 0. The van der Waals surface area contributed by atoms with Gasteiger partial charge in [0, 0.05) is 32.4 Å². The zero-order valence-corrected chi connectivity index (χ0v) is 13.9. The minimum atomic E-state index is -2.01. The molecular formula is C15H16N8O3. The number of hydrogen-bond donors (Lipinski definition) is 3. The Morgan fingerprint density at radius 1 is 1.54 bits per heavy atom. The van der Waals surface area contributed by atoms with E-state index in [4.69, 9.17) is 5.26 Å². The minimum absolute atomic E-state index is 0.0152. The molecule has 2 aromatic heterocycles. The van der Waals surface area contributed by atoms with E-state index in [9.17, 15) is 14.7 Å². The molecule has 0 saturated carbocycles. The molecule has 0 aromatic carbocycles. The number of rotatable bonds is 5. The van der Waals surface area contributed by atoms with E-state index in [0.29, 0.717) is 5.69 Å². The van der Waals surface area contributed by atoms with Gasteiger partial charge in [-0.15, -0.1) is 0 Å². The van der Waals surface area contributed by atoms with E-state index in [2.05, 4.69) is 25.7 Å². The second kappa shape index (κ2) is 6.77. The molecule has 0 radical (unpaired) electrons. The van der Waals surface area contributed by atoms with E-state index in [0.717, 1.165) is 0 Å². The number of aliphatic hydroxyl groups is 1. The highest BCUT2D eigenvalue weighted by atomic mass is 16.3. The predicted molar refractivity (Wildman–Crippen MR) is 89.1 cm³/mol. The van der Waals surface area contributed by atoms with Crippen molar-refractivity contribution in [2.24, 2.45) is 0 Å². The van der Waals surface area contributed by atoms with Crippen LogP contribution in [0.25, 0.3) is 0 Å². The zero-order chi connectivity index (χ0) is 18.7. The SMILES string of the molecule is CNC(=O)Cn1cc(Nc2nccc(N3CC[C@](O)(C#N)C3=O)n2)cn1. The number of likely N-dealkylation sites (N-methyl/N-ethyl adjacent to an activating group) is 1. The molecule has 3 rings (SSSR count). The summed E-state index contributed by atoms with van der Waals surface area (Å²) in [6.45, 7) is 0.261. The maximum atomic E-state index is 12.2. The van der Waals surface area contributed by atoms with Gasteiger partial charge in [0.05, 0.1) is 11.9 Å². The van der Waals surface area contributed by atoms with Gasteiger partial charge in [-0.3, -0.25) is 19.2 Å². The topological polar surface area (TPSA) is 149 Å². The van der Waals surface area contributed by atoms with Crippen molar-refractivity contribution in [3.8, 4) is 6.07 Å². The average molecular weight is 356 g/mol. The molecule has 134 valence electrons. The molecule has 1 fully saturated rings. The van der Waals surface area contributed by atoms with Crippen molar-refractivity contribution in [1.29, 1.82) is 5.26 Å². The number of aromatic nitrogens is 4. The van der Waals surface area contributed by atoms with Crippen molar-refractivity contribution in [2.75, 3.05) is 23.8 Å². The van der Waals surface area contributed by atoms with E-state index in [1.54, 1.807) is 12.3 Å². The molecule has 0 aliphatic carbocycles. The molecule has 2 aromatic rings. The molecular weight excluding hydrogens is 340 g/mol. The Morgan fingerprint density at radius 3 is 3.04 bits per heavy atom. The van der Waals surface area contributed by atoms with Crippen LogP contribution in [0.3, 0.4) is 0 Å². The number of carbonyl (C=O) groups excluding carboxylic acids is 2. The molecule has 0 bridgehead atoms. The zero-order valence-electron chi connectivity index (χ0n) is 13.9. The Hall–Kier alpha value is -3.52. The van der Waals surface area contributed by atoms with Gasteiger partial charge in [0.15, 0.2) is 0 Å². The Bertz CT molecular complexity index is 889. The molecule has 26 heavy (non-hydrogen) atoms. The lowest BCUT2D eigenvalue weighted by Gasteiger charge is -2.16. The van der Waals surface area contributed by atoms with Crippen LogP contribution in [-0.2, 0) is 16.1 Å². The molecule has 3 N–H and O–H groups in total. The van der Waals surface area contributed by atoms with E-state index in [1.165, 1.54) is 35.1 Å². The molecule has 11 heteroatoms. The lowest BCUT2D eigenvalue weighted by Crippen LogP contribution is -2.39. The second-order valence-corrected chi connectivity index (χ2v) is 5.64. The van der Waals surface area contributed by atoms with Gasteiger partial charge in [-0.2, -0.15) is 15.3 Å². The molecule has 1 saturated heterocycles. The monoisotopic (exact) mass is 356 g/mol. The first-order chi connectivity index (χ1) is 12.4. The highest BCUT2D eigenvalue weighted by Crippen LogP contribution is 2.27. The van der Waals surface area contributed by atoms with E-state index in [-0.39, 0.29) is 37.2 Å². The van der Waals surface area contributed by atoms with E-state index in [1.807, 2.05) is 0 Å². The van der Waals surface area contributed by atoms with Crippen molar-refractivity contribution in [3.63, 3.8) is 0 Å². The van der Waals surface area contributed by atoms with Crippen molar-refractivity contribution in [3.05, 3.63) is 24.7 Å². The van der Waals surface area contributed by atoms with Gasteiger partial charge in [-0.1, -0.05) is 0 Å². The first-order valence-electron chi connectivity index (χ1n) is 7.74. The van der Waals surface area contributed by atoms with Gasteiger partial charge in [0.25, 0.3) is 5.91 Å². The van der Waals surface area contributed by atoms with E-state index >= 15 is 0 Å². The Kier molecular flexibility index (Phi) is 4.51. The highest BCUT2D eigenvalue weighted by molar-refractivity contribution is 6.03. The Balaban J connectivity index is 1.74. The Labute approximate surface area is 148 Å². The predicted octanol–water partition coefficient (Wildman–Crippen LogP) is -0.846. The third kappa shape index (κ3) is 3.31. The molecule has 1 aliphatic heterocycles. The first kappa shape index (κ1) is 17.3. The van der Waals surface area contributed by atoms with Crippen molar-refractivity contribution < 1.29 is 14.7 Å². The molecule has 3 heterocycles. The van der Waals surface area contributed by atoms with E-state index < -0.39 is 11.5 Å². The maximum Gasteiger partial charge on any atom is 0.275 e. The number of nitrogens with zero attached hydrogens (tertiary/aromatic N) is 6. The van der Waals surface area contributed by atoms with Crippen LogP contribution < -0.4 is 15.5 Å². The number of anilines is 3. The van der Waals surface area contributed by atoms with Crippen molar-refractivity contribution in [1.82, 2.24) is 25.1 Å². The maximum absolute atomic E-state index is 12.2. The van der Waals surface area contributed by atoms with Crippen LogP contribution in [0.5, 0.6) is 0 Å². The summed E-state index contributed by atoms with van der Waals surface area (Å²) in [5.41, 5.74) is -1.45. The van der Waals surface area contributed by atoms with Gasteiger partial charge in [-0.05, 0) is 6.07 Å². The molecule has 0 spiro atoms. The Morgan fingerprint density at radius 2 is 2.35 bits per heavy atom. The summed E-state index contributed by atoms with van der Waals surface area (Å²) in [5, 5.41) is 28.4. The van der Waals surface area contributed by atoms with Crippen molar-refractivity contribution in [2.45, 2.75) is 18.6 Å². The number of carbonyl (C=O) groups is 2. The minimum Gasteiger partial charge on any atom is -0.368 e. The van der Waals surface area contributed by atoms with Gasteiger partial charge in [-0.25, -0.2) is 4.98 Å². The summed E-state index contributed by atoms with van der Waals surface area (Å²) in [4.78, 5) is 33.1. The van der Waals surface area contributed by atoms with Crippen LogP contribution in [0.4, 0.5) is 17.5 Å². The summed E-state index contributed by atoms with van der Waals surface area (Å²) in [5.74, 6) is -0.405. The summed E-state index contributed by atoms with van der Waals surface area (Å²) in [6, 6.07) is 3.14. The summed E-state index contributed by atoms with van der Waals surface area (Å²) in [6.07, 6.45) is 4.59. The third-order valence-electron chi connectivity index (χ3n) is 3.87. The van der Waals surface area contributed by atoms with Crippen LogP contribution in [0, 0.1) is 11.3 Å².